The van der Waals surface area contributed by atoms with Gasteiger partial charge in [0.05, 0.1) is 6.04 Å². The highest BCUT2D eigenvalue weighted by Crippen LogP contribution is 2.46. The molecule has 0 bridgehead atoms. The van der Waals surface area contributed by atoms with E-state index in [1.807, 2.05) is 0 Å². The SMILES string of the molecule is CO.c1ccc2c3c([nH]c2c1)[C@H]1C[C@H]2CCCC[C@H]2CN1CC3. The third kappa shape index (κ3) is 2.50. The van der Waals surface area contributed by atoms with Crippen LogP contribution < -0.4 is 0 Å². The first kappa shape index (κ1) is 15.2. The van der Waals surface area contributed by atoms with Crippen molar-refractivity contribution in [1.82, 2.24) is 9.88 Å². The van der Waals surface area contributed by atoms with Crippen molar-refractivity contribution in [3.8, 4) is 0 Å². The number of rotatable bonds is 0. The van der Waals surface area contributed by atoms with Gasteiger partial charge in [-0.15, -0.1) is 0 Å². The summed E-state index contributed by atoms with van der Waals surface area (Å²) in [5.74, 6) is 1.97. The van der Waals surface area contributed by atoms with Crippen LogP contribution in [-0.2, 0) is 6.42 Å². The van der Waals surface area contributed by atoms with E-state index in [1.165, 1.54) is 62.5 Å². The first-order chi connectivity index (χ1) is 11.4. The molecule has 23 heavy (non-hydrogen) atoms. The number of H-pyrrole nitrogens is 1. The molecule has 1 saturated heterocycles. The minimum absolute atomic E-state index is 0.667. The Morgan fingerprint density at radius 1 is 1.09 bits per heavy atom. The van der Waals surface area contributed by atoms with Gasteiger partial charge in [0.25, 0.3) is 0 Å². The highest BCUT2D eigenvalue weighted by Gasteiger charge is 2.40. The molecule has 0 radical (unpaired) electrons. The van der Waals surface area contributed by atoms with E-state index in [-0.39, 0.29) is 0 Å². The number of aromatic amines is 1. The summed E-state index contributed by atoms with van der Waals surface area (Å²) in [5.41, 5.74) is 4.50. The summed E-state index contributed by atoms with van der Waals surface area (Å²) in [6.45, 7) is 2.62. The number of para-hydroxylation sites is 1. The Morgan fingerprint density at radius 3 is 2.74 bits per heavy atom. The van der Waals surface area contributed by atoms with Gasteiger partial charge in [-0.3, -0.25) is 4.90 Å². The smallest absolute Gasteiger partial charge is 0.0504 e. The molecule has 0 unspecified atom stereocenters. The average Bonchev–Trinajstić information content (AvgIpc) is 3.01. The van der Waals surface area contributed by atoms with Crippen LogP contribution >= 0.6 is 0 Å². The second kappa shape index (κ2) is 6.29. The molecule has 124 valence electrons. The Morgan fingerprint density at radius 2 is 1.87 bits per heavy atom. The van der Waals surface area contributed by atoms with Gasteiger partial charge in [-0.1, -0.05) is 37.5 Å². The lowest BCUT2D eigenvalue weighted by molar-refractivity contribution is 0.0308. The van der Waals surface area contributed by atoms with E-state index in [0.29, 0.717) is 6.04 Å². The van der Waals surface area contributed by atoms with Crippen LogP contribution in [0.15, 0.2) is 24.3 Å². The average molecular weight is 312 g/mol. The molecule has 3 heterocycles. The van der Waals surface area contributed by atoms with E-state index in [2.05, 4.69) is 34.1 Å². The molecule has 3 heteroatoms. The summed E-state index contributed by atoms with van der Waals surface area (Å²) in [5, 5.41) is 8.47. The zero-order valence-electron chi connectivity index (χ0n) is 14.1. The Bertz CT molecular complexity index is 677. The Labute approximate surface area is 138 Å². The van der Waals surface area contributed by atoms with Crippen molar-refractivity contribution in [2.75, 3.05) is 20.2 Å². The number of hydrogen-bond donors (Lipinski definition) is 2. The molecule has 2 fully saturated rings. The largest absolute Gasteiger partial charge is 0.400 e. The van der Waals surface area contributed by atoms with Gasteiger partial charge < -0.3 is 10.1 Å². The molecule has 3 atom stereocenters. The van der Waals surface area contributed by atoms with Gasteiger partial charge >= 0.3 is 0 Å². The molecule has 1 aromatic carbocycles. The minimum Gasteiger partial charge on any atom is -0.400 e. The van der Waals surface area contributed by atoms with Crippen molar-refractivity contribution in [2.45, 2.75) is 44.6 Å². The third-order valence-corrected chi connectivity index (χ3v) is 6.33. The van der Waals surface area contributed by atoms with Crippen molar-refractivity contribution in [3.05, 3.63) is 35.5 Å². The zero-order chi connectivity index (χ0) is 15.8. The fraction of sp³-hybridized carbons (Fsp3) is 0.600. The standard InChI is InChI=1S/C19H24N2.CH4O/c1-2-6-14-12-21-10-9-16-15-7-3-4-8-17(15)20-19(16)18(21)11-13(14)5-1;1-2/h3-4,7-8,13-14,18,20H,1-2,5-6,9-12H2;2H,1H3/t13-,14+,18-;/m1./s1. The Balaban J connectivity index is 0.000000652. The second-order valence-electron chi connectivity index (χ2n) is 7.36. The molecule has 1 aliphatic carbocycles. The molecule has 1 saturated carbocycles. The number of nitrogens with zero attached hydrogens (tertiary/aromatic N) is 1. The summed E-state index contributed by atoms with van der Waals surface area (Å²) in [6.07, 6.45) is 8.51. The van der Waals surface area contributed by atoms with Crippen LogP contribution in [0.25, 0.3) is 10.9 Å². The second-order valence-corrected chi connectivity index (χ2v) is 7.36. The first-order valence-corrected chi connectivity index (χ1v) is 9.18. The maximum atomic E-state index is 7.00. The Hall–Kier alpha value is -1.32. The van der Waals surface area contributed by atoms with Crippen molar-refractivity contribution in [2.24, 2.45) is 11.8 Å². The minimum atomic E-state index is 0.667. The van der Waals surface area contributed by atoms with Crippen LogP contribution in [0.1, 0.15) is 49.4 Å². The van der Waals surface area contributed by atoms with Crippen molar-refractivity contribution >= 4 is 10.9 Å². The van der Waals surface area contributed by atoms with Gasteiger partial charge in [-0.25, -0.2) is 0 Å². The number of aliphatic hydroxyl groups excluding tert-OH is 1. The highest BCUT2D eigenvalue weighted by atomic mass is 16.2. The maximum absolute atomic E-state index is 7.00. The van der Waals surface area contributed by atoms with Gasteiger partial charge in [0.1, 0.15) is 0 Å². The zero-order valence-corrected chi connectivity index (χ0v) is 14.1. The molecular weight excluding hydrogens is 284 g/mol. The highest BCUT2D eigenvalue weighted by molar-refractivity contribution is 5.85. The summed E-state index contributed by atoms with van der Waals surface area (Å²) < 4.78 is 0. The lowest BCUT2D eigenvalue weighted by atomic mass is 9.71. The van der Waals surface area contributed by atoms with Gasteiger partial charge in [0, 0.05) is 36.8 Å². The predicted molar refractivity (Wildman–Crippen MR) is 94.5 cm³/mol. The number of piperidine rings is 1. The van der Waals surface area contributed by atoms with Gasteiger partial charge in [-0.2, -0.15) is 0 Å². The fourth-order valence-electron chi connectivity index (χ4n) is 5.28. The van der Waals surface area contributed by atoms with Gasteiger partial charge in [-0.05, 0) is 42.7 Å². The van der Waals surface area contributed by atoms with Gasteiger partial charge in [0.2, 0.25) is 0 Å². The van der Waals surface area contributed by atoms with Crippen molar-refractivity contribution < 1.29 is 5.11 Å². The first-order valence-electron chi connectivity index (χ1n) is 9.18. The molecule has 5 rings (SSSR count). The molecule has 0 spiro atoms. The van der Waals surface area contributed by atoms with Crippen LogP contribution in [-0.4, -0.2) is 35.2 Å². The fourth-order valence-corrected chi connectivity index (χ4v) is 5.28. The van der Waals surface area contributed by atoms with Crippen LogP contribution in [0, 0.1) is 11.8 Å². The maximum Gasteiger partial charge on any atom is 0.0504 e. The normalized spacial score (nSPS) is 29.9. The topological polar surface area (TPSA) is 39.3 Å². The van der Waals surface area contributed by atoms with Crippen LogP contribution in [0.2, 0.25) is 0 Å². The number of nitrogens with one attached hydrogen (secondary N) is 1. The summed E-state index contributed by atoms with van der Waals surface area (Å²) in [4.78, 5) is 6.55. The molecule has 2 N–H and O–H groups in total. The molecule has 3 aliphatic rings. The number of aromatic nitrogens is 1. The number of fused-ring (bicyclic) bond motifs is 6. The molecular formula is C20H28N2O. The lowest BCUT2D eigenvalue weighted by Gasteiger charge is -2.48. The molecule has 3 nitrogen and oxygen atoms in total. The third-order valence-electron chi connectivity index (χ3n) is 6.33. The molecule has 0 amide bonds. The quantitative estimate of drug-likeness (QED) is 0.775. The molecule has 1 aromatic heterocycles. The van der Waals surface area contributed by atoms with E-state index in [1.54, 1.807) is 11.3 Å². The summed E-state index contributed by atoms with van der Waals surface area (Å²) >= 11 is 0. The van der Waals surface area contributed by atoms with Crippen molar-refractivity contribution in [3.63, 3.8) is 0 Å². The summed E-state index contributed by atoms with van der Waals surface area (Å²) in [6, 6.07) is 9.54. The predicted octanol–water partition coefficient (Wildman–Crippen LogP) is 3.89. The summed E-state index contributed by atoms with van der Waals surface area (Å²) in [7, 11) is 1.00. The number of hydrogen-bond acceptors (Lipinski definition) is 2. The monoisotopic (exact) mass is 312 g/mol. The van der Waals surface area contributed by atoms with E-state index in [9.17, 15) is 0 Å². The number of benzene rings is 1. The van der Waals surface area contributed by atoms with Crippen LogP contribution in [0.5, 0.6) is 0 Å². The number of aliphatic hydroxyl groups is 1. The van der Waals surface area contributed by atoms with Crippen LogP contribution in [0.3, 0.4) is 0 Å². The van der Waals surface area contributed by atoms with E-state index < -0.39 is 0 Å². The molecule has 2 aromatic rings. The Kier molecular flexibility index (Phi) is 4.16. The van der Waals surface area contributed by atoms with E-state index in [4.69, 9.17) is 5.11 Å². The van der Waals surface area contributed by atoms with Gasteiger partial charge in [0.15, 0.2) is 0 Å². The van der Waals surface area contributed by atoms with Crippen LogP contribution in [0.4, 0.5) is 0 Å². The van der Waals surface area contributed by atoms with E-state index >= 15 is 0 Å². The van der Waals surface area contributed by atoms with Crippen molar-refractivity contribution in [1.29, 1.82) is 0 Å². The molecule has 2 aliphatic heterocycles. The van der Waals surface area contributed by atoms with E-state index in [0.717, 1.165) is 18.9 Å². The lowest BCUT2D eigenvalue weighted by Crippen LogP contribution is -2.46.